The van der Waals surface area contributed by atoms with Gasteiger partial charge >= 0.3 is 0 Å². The second-order valence-corrected chi connectivity index (χ2v) is 12.7. The zero-order chi connectivity index (χ0) is 28.8. The summed E-state index contributed by atoms with van der Waals surface area (Å²) in [5, 5.41) is 13.2. The fourth-order valence-corrected chi connectivity index (χ4v) is 8.78. The van der Waals surface area contributed by atoms with Crippen molar-refractivity contribution >= 4 is 85.6 Å². The van der Waals surface area contributed by atoms with Gasteiger partial charge in [-0.05, 0) is 50.9 Å². The molecule has 0 radical (unpaired) electrons. The number of nitrogens with zero attached hydrogens (tertiary/aromatic N) is 1. The molecule has 2 heterocycles. The second kappa shape index (κ2) is 9.03. The zero-order valence-electron chi connectivity index (χ0n) is 23.8. The van der Waals surface area contributed by atoms with E-state index < -0.39 is 0 Å². The normalized spacial score (nSPS) is 12.1. The number of fused-ring (bicyclic) bond motifs is 15. The maximum absolute atomic E-state index is 2.56. The summed E-state index contributed by atoms with van der Waals surface area (Å²) in [6, 6.07) is 55.6. The molecule has 1 nitrogen and oxygen atoms in total. The van der Waals surface area contributed by atoms with Crippen molar-refractivity contribution in [1.82, 2.24) is 4.57 Å². The molecule has 0 spiro atoms. The Morgan fingerprint density at radius 2 is 0.818 bits per heavy atom. The molecule has 204 valence electrons. The molecule has 0 aliphatic rings. The highest BCUT2D eigenvalue weighted by molar-refractivity contribution is 7.27. The van der Waals surface area contributed by atoms with E-state index in [9.17, 15) is 0 Å². The van der Waals surface area contributed by atoms with Gasteiger partial charge in [0, 0.05) is 47.4 Å². The smallest absolute Gasteiger partial charge is 0.0634 e. The molecule has 2 heteroatoms. The summed E-state index contributed by atoms with van der Waals surface area (Å²) in [7, 11) is 0. The largest absolute Gasteiger partial charge is 0.308 e. The molecule has 0 bridgehead atoms. The molecule has 0 atom stereocenters. The topological polar surface area (TPSA) is 4.93 Å². The predicted molar refractivity (Wildman–Crippen MR) is 192 cm³/mol. The van der Waals surface area contributed by atoms with Crippen molar-refractivity contribution in [2.24, 2.45) is 0 Å². The summed E-state index contributed by atoms with van der Waals surface area (Å²) in [5.74, 6) is 0. The first-order chi connectivity index (χ1) is 21.9. The molecule has 0 N–H and O–H groups in total. The second-order valence-electron chi connectivity index (χ2n) is 11.6. The van der Waals surface area contributed by atoms with E-state index in [1.54, 1.807) is 0 Å². The van der Waals surface area contributed by atoms with Crippen LogP contribution in [0.25, 0.3) is 91.1 Å². The molecule has 0 aliphatic heterocycles. The first-order valence-corrected chi connectivity index (χ1v) is 15.9. The van der Waals surface area contributed by atoms with Gasteiger partial charge in [0.15, 0.2) is 0 Å². The van der Waals surface area contributed by atoms with Gasteiger partial charge in [-0.1, -0.05) is 133 Å². The molecular formula is C42H25NS. The monoisotopic (exact) mass is 575 g/mol. The molecule has 10 rings (SSSR count). The molecule has 0 fully saturated rings. The third-order valence-corrected chi connectivity index (χ3v) is 10.5. The summed E-state index contributed by atoms with van der Waals surface area (Å²) in [5.41, 5.74) is 6.19. The number of aromatic nitrogens is 1. The van der Waals surface area contributed by atoms with Crippen molar-refractivity contribution in [2.75, 3.05) is 0 Å². The van der Waals surface area contributed by atoms with E-state index in [-0.39, 0.29) is 0 Å². The number of benzene rings is 8. The van der Waals surface area contributed by atoms with E-state index in [4.69, 9.17) is 0 Å². The van der Waals surface area contributed by atoms with Crippen molar-refractivity contribution in [2.45, 2.75) is 0 Å². The standard InChI is InChI=1S/C42H25NS/c1-2-12-26(13-3-1)27-22-24-28(25-23-27)43-40-33-18-8-5-15-30(33)29-14-4-6-16-31(29)38(40)39-41(43)34-19-9-7-17-32(34)37-35-20-10-11-21-36(35)44-42(37)39/h1-25H. The average Bonchev–Trinajstić information content (AvgIpc) is 3.67. The third-order valence-electron chi connectivity index (χ3n) is 9.35. The Kier molecular flexibility index (Phi) is 4.94. The minimum Gasteiger partial charge on any atom is -0.308 e. The van der Waals surface area contributed by atoms with Crippen LogP contribution in [-0.2, 0) is 0 Å². The SMILES string of the molecule is c1ccc(-c2ccc(-n3c4c5ccccc5c5ccccc5c4c4c5sc6ccccc6c5c5ccccc5c43)cc2)cc1. The summed E-state index contributed by atoms with van der Waals surface area (Å²) in [4.78, 5) is 0. The number of thiophene rings is 1. The summed E-state index contributed by atoms with van der Waals surface area (Å²) in [6.07, 6.45) is 0. The van der Waals surface area contributed by atoms with E-state index in [0.717, 1.165) is 0 Å². The Balaban J connectivity index is 1.50. The average molecular weight is 576 g/mol. The molecule has 2 aromatic heterocycles. The lowest BCUT2D eigenvalue weighted by Gasteiger charge is -2.13. The van der Waals surface area contributed by atoms with Crippen LogP contribution in [0, 0.1) is 0 Å². The Hall–Kier alpha value is -5.44. The predicted octanol–water partition coefficient (Wildman–Crippen LogP) is 12.3. The maximum atomic E-state index is 2.56. The number of hydrogen-bond donors (Lipinski definition) is 0. The fraction of sp³-hybridized carbons (Fsp3) is 0. The van der Waals surface area contributed by atoms with Crippen LogP contribution >= 0.6 is 11.3 Å². The number of rotatable bonds is 2. The van der Waals surface area contributed by atoms with Gasteiger partial charge in [0.1, 0.15) is 0 Å². The highest BCUT2D eigenvalue weighted by Crippen LogP contribution is 2.51. The Morgan fingerprint density at radius 1 is 0.341 bits per heavy atom. The quantitative estimate of drug-likeness (QED) is 0.181. The summed E-state index contributed by atoms with van der Waals surface area (Å²) in [6.45, 7) is 0. The molecule has 10 aromatic rings. The maximum Gasteiger partial charge on any atom is 0.0634 e. The van der Waals surface area contributed by atoms with E-state index in [2.05, 4.69) is 156 Å². The molecule has 0 saturated heterocycles. The molecule has 8 aromatic carbocycles. The molecular weight excluding hydrogens is 551 g/mol. The van der Waals surface area contributed by atoms with Crippen LogP contribution in [0.5, 0.6) is 0 Å². The Bertz CT molecular complexity index is 2750. The highest BCUT2D eigenvalue weighted by atomic mass is 32.1. The van der Waals surface area contributed by atoms with Crippen molar-refractivity contribution in [3.8, 4) is 16.8 Å². The lowest BCUT2D eigenvalue weighted by molar-refractivity contribution is 1.19. The molecule has 0 amide bonds. The number of hydrogen-bond acceptors (Lipinski definition) is 1. The van der Waals surface area contributed by atoms with Gasteiger partial charge in [0.05, 0.1) is 11.0 Å². The first kappa shape index (κ1) is 24.0. The molecule has 0 aliphatic carbocycles. The van der Waals surface area contributed by atoms with E-state index in [1.807, 2.05) is 11.3 Å². The van der Waals surface area contributed by atoms with Crippen molar-refractivity contribution in [3.05, 3.63) is 152 Å². The van der Waals surface area contributed by atoms with Crippen LogP contribution in [0.3, 0.4) is 0 Å². The fourth-order valence-electron chi connectivity index (χ4n) is 7.51. The van der Waals surface area contributed by atoms with Crippen LogP contribution in [0.1, 0.15) is 0 Å². The summed E-state index contributed by atoms with van der Waals surface area (Å²) >= 11 is 1.93. The Labute approximate surface area is 257 Å². The van der Waals surface area contributed by atoms with Crippen LogP contribution in [0.15, 0.2) is 152 Å². The van der Waals surface area contributed by atoms with Gasteiger partial charge < -0.3 is 4.57 Å². The van der Waals surface area contributed by atoms with E-state index in [1.165, 1.54) is 91.1 Å². The van der Waals surface area contributed by atoms with Crippen molar-refractivity contribution in [3.63, 3.8) is 0 Å². The first-order valence-electron chi connectivity index (χ1n) is 15.1. The van der Waals surface area contributed by atoms with Gasteiger partial charge in [-0.25, -0.2) is 0 Å². The van der Waals surface area contributed by atoms with Crippen LogP contribution in [-0.4, -0.2) is 4.57 Å². The van der Waals surface area contributed by atoms with Gasteiger partial charge in [-0.3, -0.25) is 0 Å². The summed E-state index contributed by atoms with van der Waals surface area (Å²) < 4.78 is 5.25. The van der Waals surface area contributed by atoms with Crippen LogP contribution < -0.4 is 0 Å². The Morgan fingerprint density at radius 3 is 1.52 bits per heavy atom. The van der Waals surface area contributed by atoms with E-state index >= 15 is 0 Å². The highest BCUT2D eigenvalue weighted by Gasteiger charge is 2.24. The lowest BCUT2D eigenvalue weighted by atomic mass is 9.95. The van der Waals surface area contributed by atoms with Crippen molar-refractivity contribution < 1.29 is 0 Å². The lowest BCUT2D eigenvalue weighted by Crippen LogP contribution is -1.96. The van der Waals surface area contributed by atoms with Gasteiger partial charge in [-0.15, -0.1) is 11.3 Å². The third kappa shape index (κ3) is 3.18. The minimum atomic E-state index is 1.18. The van der Waals surface area contributed by atoms with Crippen LogP contribution in [0.2, 0.25) is 0 Å². The minimum absolute atomic E-state index is 1.18. The van der Waals surface area contributed by atoms with Gasteiger partial charge in [-0.2, -0.15) is 0 Å². The van der Waals surface area contributed by atoms with Crippen molar-refractivity contribution in [1.29, 1.82) is 0 Å². The van der Waals surface area contributed by atoms with Gasteiger partial charge in [0.2, 0.25) is 0 Å². The molecule has 0 unspecified atom stereocenters. The van der Waals surface area contributed by atoms with Crippen LogP contribution in [0.4, 0.5) is 0 Å². The van der Waals surface area contributed by atoms with Gasteiger partial charge in [0.25, 0.3) is 0 Å². The molecule has 0 saturated carbocycles. The zero-order valence-corrected chi connectivity index (χ0v) is 24.6. The van der Waals surface area contributed by atoms with E-state index in [0.29, 0.717) is 0 Å². The molecule has 44 heavy (non-hydrogen) atoms.